The summed E-state index contributed by atoms with van der Waals surface area (Å²) in [4.78, 5) is 27.2. The summed E-state index contributed by atoms with van der Waals surface area (Å²) in [6.07, 6.45) is 0. The lowest BCUT2D eigenvalue weighted by Crippen LogP contribution is -2.44. The van der Waals surface area contributed by atoms with Crippen LogP contribution in [0.25, 0.3) is 11.4 Å². The van der Waals surface area contributed by atoms with Crippen LogP contribution in [0.2, 0.25) is 0 Å². The van der Waals surface area contributed by atoms with Crippen molar-refractivity contribution in [2.24, 2.45) is 7.05 Å². The fourth-order valence-corrected chi connectivity index (χ4v) is 4.20. The molecular weight excluding hydrogens is 376 g/mol. The molecule has 1 aromatic heterocycles. The van der Waals surface area contributed by atoms with E-state index in [9.17, 15) is 9.59 Å². The lowest BCUT2D eigenvalue weighted by atomic mass is 10.1. The summed E-state index contributed by atoms with van der Waals surface area (Å²) in [5, 5.41) is 14.4. The van der Waals surface area contributed by atoms with Crippen molar-refractivity contribution in [3.8, 4) is 11.4 Å². The minimum Gasteiger partial charge on any atom is -0.324 e. The van der Waals surface area contributed by atoms with Crippen LogP contribution >= 0.6 is 11.8 Å². The van der Waals surface area contributed by atoms with E-state index >= 15 is 0 Å². The Bertz CT molecular complexity index is 1010. The predicted molar refractivity (Wildman–Crippen MR) is 107 cm³/mol. The molecule has 1 aliphatic rings. The molecule has 1 aliphatic heterocycles. The summed E-state index contributed by atoms with van der Waals surface area (Å²) in [5.41, 5.74) is 2.01. The number of hydrogen-bond acceptors (Lipinski definition) is 6. The second kappa shape index (κ2) is 7.81. The maximum absolute atomic E-state index is 12.9. The van der Waals surface area contributed by atoms with Crippen molar-refractivity contribution >= 4 is 29.3 Å². The number of aryl methyl sites for hydroxylation is 1. The predicted octanol–water partition coefficient (Wildman–Crippen LogP) is 2.03. The number of anilines is 1. The lowest BCUT2D eigenvalue weighted by Gasteiger charge is -2.23. The van der Waals surface area contributed by atoms with Gasteiger partial charge in [0.1, 0.15) is 6.04 Å². The van der Waals surface area contributed by atoms with Crippen LogP contribution in [-0.4, -0.2) is 54.6 Å². The number of benzene rings is 2. The molecule has 1 atom stereocenters. The summed E-state index contributed by atoms with van der Waals surface area (Å²) in [7, 11) is 1.75. The molecule has 0 saturated carbocycles. The van der Waals surface area contributed by atoms with Gasteiger partial charge in [-0.1, -0.05) is 30.3 Å². The van der Waals surface area contributed by atoms with E-state index in [2.05, 4.69) is 20.8 Å². The third-order valence-electron chi connectivity index (χ3n) is 4.48. The van der Waals surface area contributed by atoms with Crippen molar-refractivity contribution < 1.29 is 9.59 Å². The van der Waals surface area contributed by atoms with Crippen LogP contribution in [0.3, 0.4) is 0 Å². The molecular formula is C19H18N6O2S. The molecule has 1 N–H and O–H groups in total. The van der Waals surface area contributed by atoms with Crippen molar-refractivity contribution in [1.82, 2.24) is 25.1 Å². The standard InChI is InChI=1S/C19H18N6O2S/c1-24-17(21-22-23-24)14-8-5-9-15(10-14)20-18(26)16-11-28-12-25(16)19(27)13-6-3-2-4-7-13/h2-10,16H,11-12H2,1H3,(H,20,26)/t16-/m0/s1. The Morgan fingerprint density at radius 3 is 2.71 bits per heavy atom. The number of rotatable bonds is 4. The molecule has 0 unspecified atom stereocenters. The second-order valence-corrected chi connectivity index (χ2v) is 7.35. The zero-order valence-electron chi connectivity index (χ0n) is 15.1. The highest BCUT2D eigenvalue weighted by atomic mass is 32.2. The Kier molecular flexibility index (Phi) is 5.07. The Hall–Kier alpha value is -3.20. The Morgan fingerprint density at radius 2 is 1.96 bits per heavy atom. The fourth-order valence-electron chi connectivity index (χ4n) is 3.04. The van der Waals surface area contributed by atoms with Gasteiger partial charge in [-0.2, -0.15) is 0 Å². The summed E-state index contributed by atoms with van der Waals surface area (Å²) >= 11 is 1.57. The lowest BCUT2D eigenvalue weighted by molar-refractivity contribution is -0.119. The second-order valence-electron chi connectivity index (χ2n) is 6.35. The normalized spacial score (nSPS) is 16.2. The molecule has 4 rings (SSSR count). The first-order chi connectivity index (χ1) is 13.6. The summed E-state index contributed by atoms with van der Waals surface area (Å²) < 4.78 is 1.56. The maximum Gasteiger partial charge on any atom is 0.255 e. The average molecular weight is 394 g/mol. The number of hydrogen-bond donors (Lipinski definition) is 1. The van der Waals surface area contributed by atoms with Crippen LogP contribution in [0, 0.1) is 0 Å². The SMILES string of the molecule is Cn1nnnc1-c1cccc(NC(=O)[C@@H]2CSCN2C(=O)c2ccccc2)c1. The quantitative estimate of drug-likeness (QED) is 0.728. The molecule has 0 spiro atoms. The van der Waals surface area contributed by atoms with E-state index in [0.717, 1.165) is 5.56 Å². The molecule has 2 amide bonds. The number of nitrogens with one attached hydrogen (secondary N) is 1. The zero-order valence-corrected chi connectivity index (χ0v) is 16.0. The van der Waals surface area contributed by atoms with Gasteiger partial charge in [0.2, 0.25) is 5.91 Å². The fraction of sp³-hybridized carbons (Fsp3) is 0.211. The average Bonchev–Trinajstić information content (AvgIpc) is 3.37. The van der Waals surface area contributed by atoms with Crippen LogP contribution in [0.15, 0.2) is 54.6 Å². The third kappa shape index (κ3) is 3.61. The molecule has 1 saturated heterocycles. The molecule has 2 heterocycles. The van der Waals surface area contributed by atoms with Gasteiger partial charge in [-0.15, -0.1) is 16.9 Å². The van der Waals surface area contributed by atoms with Gasteiger partial charge in [-0.25, -0.2) is 4.68 Å². The van der Waals surface area contributed by atoms with Crippen molar-refractivity contribution in [3.05, 3.63) is 60.2 Å². The van der Waals surface area contributed by atoms with Gasteiger partial charge < -0.3 is 10.2 Å². The first-order valence-electron chi connectivity index (χ1n) is 8.71. The molecule has 0 aliphatic carbocycles. The largest absolute Gasteiger partial charge is 0.324 e. The number of carbonyl (C=O) groups is 2. The van der Waals surface area contributed by atoms with E-state index < -0.39 is 6.04 Å². The third-order valence-corrected chi connectivity index (χ3v) is 5.49. The van der Waals surface area contributed by atoms with Gasteiger partial charge in [-0.3, -0.25) is 9.59 Å². The Balaban J connectivity index is 1.50. The number of nitrogens with zero attached hydrogens (tertiary/aromatic N) is 5. The monoisotopic (exact) mass is 394 g/mol. The van der Waals surface area contributed by atoms with Gasteiger partial charge in [0.25, 0.3) is 5.91 Å². The minimum atomic E-state index is -0.516. The maximum atomic E-state index is 12.9. The molecule has 3 aromatic rings. The van der Waals surface area contributed by atoms with E-state index in [-0.39, 0.29) is 11.8 Å². The van der Waals surface area contributed by atoms with E-state index in [1.165, 1.54) is 0 Å². The Morgan fingerprint density at radius 1 is 1.14 bits per heavy atom. The minimum absolute atomic E-state index is 0.135. The first-order valence-corrected chi connectivity index (χ1v) is 9.86. The zero-order chi connectivity index (χ0) is 19.5. The van der Waals surface area contributed by atoms with Crippen LogP contribution in [-0.2, 0) is 11.8 Å². The van der Waals surface area contributed by atoms with Gasteiger partial charge >= 0.3 is 0 Å². The molecule has 28 heavy (non-hydrogen) atoms. The number of carbonyl (C=O) groups excluding carboxylic acids is 2. The summed E-state index contributed by atoms with van der Waals surface area (Å²) in [5.74, 6) is 1.33. The number of thioether (sulfide) groups is 1. The topological polar surface area (TPSA) is 93.0 Å². The molecule has 142 valence electrons. The van der Waals surface area contributed by atoms with Crippen molar-refractivity contribution in [2.45, 2.75) is 6.04 Å². The van der Waals surface area contributed by atoms with Gasteiger partial charge in [0, 0.05) is 29.6 Å². The number of tetrazole rings is 1. The van der Waals surface area contributed by atoms with Gasteiger partial charge in [0.15, 0.2) is 5.82 Å². The molecule has 2 aromatic carbocycles. The first kappa shape index (κ1) is 18.2. The smallest absolute Gasteiger partial charge is 0.255 e. The van der Waals surface area contributed by atoms with E-state index in [0.29, 0.717) is 28.7 Å². The number of amides is 2. The highest BCUT2D eigenvalue weighted by Gasteiger charge is 2.35. The van der Waals surface area contributed by atoms with Crippen LogP contribution in [0.5, 0.6) is 0 Å². The van der Waals surface area contributed by atoms with E-state index in [1.54, 1.807) is 46.6 Å². The van der Waals surface area contributed by atoms with Crippen molar-refractivity contribution in [2.75, 3.05) is 16.9 Å². The van der Waals surface area contributed by atoms with Crippen LogP contribution < -0.4 is 5.32 Å². The molecule has 1 fully saturated rings. The van der Waals surface area contributed by atoms with Crippen molar-refractivity contribution in [3.63, 3.8) is 0 Å². The van der Waals surface area contributed by atoms with E-state index in [4.69, 9.17) is 0 Å². The molecule has 9 heteroatoms. The summed E-state index contributed by atoms with van der Waals surface area (Å²) in [6.45, 7) is 0. The van der Waals surface area contributed by atoms with Crippen molar-refractivity contribution in [1.29, 1.82) is 0 Å². The summed E-state index contributed by atoms with van der Waals surface area (Å²) in [6, 6.07) is 15.8. The molecule has 0 bridgehead atoms. The van der Waals surface area contributed by atoms with Gasteiger partial charge in [-0.05, 0) is 34.7 Å². The van der Waals surface area contributed by atoms with Gasteiger partial charge in [0.05, 0.1) is 5.88 Å². The highest BCUT2D eigenvalue weighted by molar-refractivity contribution is 7.99. The van der Waals surface area contributed by atoms with Crippen LogP contribution in [0.4, 0.5) is 5.69 Å². The number of aromatic nitrogens is 4. The highest BCUT2D eigenvalue weighted by Crippen LogP contribution is 2.25. The molecule has 8 nitrogen and oxygen atoms in total. The Labute approximate surface area is 165 Å². The molecule has 0 radical (unpaired) electrons. The van der Waals surface area contributed by atoms with Crippen LogP contribution in [0.1, 0.15) is 10.4 Å². The van der Waals surface area contributed by atoms with E-state index in [1.807, 2.05) is 36.4 Å².